The lowest BCUT2D eigenvalue weighted by Gasteiger charge is -2.12. The van der Waals surface area contributed by atoms with Gasteiger partial charge in [-0.1, -0.05) is 18.2 Å². The molecule has 2 aromatic carbocycles. The van der Waals surface area contributed by atoms with Gasteiger partial charge in [-0.15, -0.1) is 12.4 Å². The summed E-state index contributed by atoms with van der Waals surface area (Å²) in [6.07, 6.45) is 0.639. The van der Waals surface area contributed by atoms with Crippen molar-refractivity contribution in [3.05, 3.63) is 48.5 Å². The summed E-state index contributed by atoms with van der Waals surface area (Å²) >= 11 is 0. The molecule has 0 unspecified atom stereocenters. The monoisotopic (exact) mass is 387 g/mol. The molecule has 142 valence electrons. The summed E-state index contributed by atoms with van der Waals surface area (Å²) in [5.74, 6) is 1.04. The molecular formula is C19H22ClN5O2. The molecule has 0 aliphatic rings. The molecule has 27 heavy (non-hydrogen) atoms. The fraction of sp³-hybridized carbons (Fsp3) is 0.211. The number of fused-ring (bicyclic) bond motifs is 1. The number of amides is 1. The van der Waals surface area contributed by atoms with E-state index in [0.29, 0.717) is 30.4 Å². The van der Waals surface area contributed by atoms with Crippen LogP contribution in [0.5, 0.6) is 0 Å². The lowest BCUT2D eigenvalue weighted by atomic mass is 10.2. The van der Waals surface area contributed by atoms with Crippen LogP contribution in [0, 0.1) is 0 Å². The minimum absolute atomic E-state index is 0. The molecule has 0 saturated heterocycles. The summed E-state index contributed by atoms with van der Waals surface area (Å²) in [5.41, 5.74) is 2.28. The number of carbonyl (C=O) groups excluding carboxylic acids is 1. The lowest BCUT2D eigenvalue weighted by Crippen LogP contribution is -2.08. The third-order valence-corrected chi connectivity index (χ3v) is 3.67. The number of hydrogen-bond acceptors (Lipinski definition) is 6. The molecule has 0 bridgehead atoms. The number of aromatic nitrogens is 2. The maximum atomic E-state index is 11.2. The Bertz CT molecular complexity index is 919. The highest BCUT2D eigenvalue weighted by Gasteiger charge is 2.08. The van der Waals surface area contributed by atoms with Crippen molar-refractivity contribution in [1.29, 1.82) is 0 Å². The van der Waals surface area contributed by atoms with Gasteiger partial charge in [-0.25, -0.2) is 4.98 Å². The number of halogens is 1. The van der Waals surface area contributed by atoms with E-state index in [0.717, 1.165) is 16.6 Å². The van der Waals surface area contributed by atoms with Gasteiger partial charge in [0.05, 0.1) is 5.52 Å². The average Bonchev–Trinajstić information content (AvgIpc) is 2.61. The van der Waals surface area contributed by atoms with Crippen LogP contribution in [0.1, 0.15) is 13.3 Å². The van der Waals surface area contributed by atoms with Gasteiger partial charge in [0.2, 0.25) is 11.9 Å². The minimum atomic E-state index is -0.125. The van der Waals surface area contributed by atoms with Crippen molar-refractivity contribution in [1.82, 2.24) is 9.97 Å². The van der Waals surface area contributed by atoms with E-state index in [1.165, 1.54) is 6.92 Å². The molecule has 4 N–H and O–H groups in total. The molecule has 3 aromatic rings. The number of aliphatic hydroxyl groups excluding tert-OH is 1. The first-order valence-corrected chi connectivity index (χ1v) is 8.42. The minimum Gasteiger partial charge on any atom is -0.396 e. The number of benzene rings is 2. The Balaban J connectivity index is 0.00000261. The van der Waals surface area contributed by atoms with E-state index in [-0.39, 0.29) is 24.9 Å². The van der Waals surface area contributed by atoms with Crippen LogP contribution in [0.15, 0.2) is 48.5 Å². The molecule has 1 aromatic heterocycles. The Labute approximate surface area is 163 Å². The molecule has 0 fully saturated rings. The number of anilines is 4. The Kier molecular flexibility index (Phi) is 7.34. The lowest BCUT2D eigenvalue weighted by molar-refractivity contribution is -0.114. The third-order valence-electron chi connectivity index (χ3n) is 3.67. The number of rotatable bonds is 7. The second-order valence-corrected chi connectivity index (χ2v) is 5.80. The van der Waals surface area contributed by atoms with Gasteiger partial charge in [-0.3, -0.25) is 4.79 Å². The Morgan fingerprint density at radius 1 is 1.07 bits per heavy atom. The van der Waals surface area contributed by atoms with Gasteiger partial charge in [-0.05, 0) is 36.8 Å². The van der Waals surface area contributed by atoms with E-state index in [1.54, 1.807) is 0 Å². The first-order valence-electron chi connectivity index (χ1n) is 8.42. The summed E-state index contributed by atoms with van der Waals surface area (Å²) in [4.78, 5) is 20.3. The second-order valence-electron chi connectivity index (χ2n) is 5.80. The van der Waals surface area contributed by atoms with Crippen molar-refractivity contribution < 1.29 is 9.90 Å². The quantitative estimate of drug-likeness (QED) is 0.463. The number of aliphatic hydroxyl groups is 1. The van der Waals surface area contributed by atoms with Gasteiger partial charge in [0.1, 0.15) is 5.82 Å². The number of carbonyl (C=O) groups is 1. The zero-order chi connectivity index (χ0) is 18.4. The van der Waals surface area contributed by atoms with E-state index >= 15 is 0 Å². The number of para-hydroxylation sites is 1. The van der Waals surface area contributed by atoms with Crippen LogP contribution in [0.25, 0.3) is 10.9 Å². The van der Waals surface area contributed by atoms with Crippen molar-refractivity contribution in [2.24, 2.45) is 0 Å². The van der Waals surface area contributed by atoms with Crippen LogP contribution < -0.4 is 16.0 Å². The third kappa shape index (κ3) is 5.54. The summed E-state index contributed by atoms with van der Waals surface area (Å²) < 4.78 is 0. The smallest absolute Gasteiger partial charge is 0.229 e. The van der Waals surface area contributed by atoms with Crippen LogP contribution in [0.3, 0.4) is 0 Å². The molecule has 3 rings (SSSR count). The van der Waals surface area contributed by atoms with E-state index in [9.17, 15) is 4.79 Å². The number of nitrogens with one attached hydrogen (secondary N) is 3. The summed E-state index contributed by atoms with van der Waals surface area (Å²) in [6, 6.07) is 15.1. The maximum Gasteiger partial charge on any atom is 0.229 e. The standard InChI is InChI=1S/C19H21N5O2.ClH/c1-13(26)21-14-6-4-7-15(12-14)22-19-23-17-9-3-2-8-16(17)18(24-19)20-10-5-11-25;/h2-4,6-9,12,25H,5,10-11H2,1H3,(H,21,26)(H2,20,22,23,24);1H. The Hall–Kier alpha value is -2.90. The van der Waals surface area contributed by atoms with E-state index in [1.807, 2.05) is 48.5 Å². The van der Waals surface area contributed by atoms with Crippen molar-refractivity contribution in [3.8, 4) is 0 Å². The average molecular weight is 388 g/mol. The largest absolute Gasteiger partial charge is 0.396 e. The van der Waals surface area contributed by atoms with Crippen LogP contribution in [-0.2, 0) is 4.79 Å². The van der Waals surface area contributed by atoms with E-state index in [4.69, 9.17) is 5.11 Å². The fourth-order valence-electron chi connectivity index (χ4n) is 2.56. The highest BCUT2D eigenvalue weighted by Crippen LogP contribution is 2.24. The second kappa shape index (κ2) is 9.70. The van der Waals surface area contributed by atoms with Gasteiger partial charge in [0.15, 0.2) is 0 Å². The molecule has 0 aliphatic carbocycles. The zero-order valence-electron chi connectivity index (χ0n) is 14.9. The van der Waals surface area contributed by atoms with Crippen molar-refractivity contribution in [3.63, 3.8) is 0 Å². The highest BCUT2D eigenvalue weighted by atomic mass is 35.5. The maximum absolute atomic E-state index is 11.2. The number of nitrogens with zero attached hydrogens (tertiary/aromatic N) is 2. The molecular weight excluding hydrogens is 366 g/mol. The molecule has 0 atom stereocenters. The predicted octanol–water partition coefficient (Wildman–Crippen LogP) is 3.55. The van der Waals surface area contributed by atoms with Gasteiger partial charge in [0.25, 0.3) is 0 Å². The molecule has 0 spiro atoms. The zero-order valence-corrected chi connectivity index (χ0v) is 15.7. The van der Waals surface area contributed by atoms with Crippen LogP contribution in [0.4, 0.5) is 23.1 Å². The SMILES string of the molecule is CC(=O)Nc1cccc(Nc2nc(NCCCO)c3ccccc3n2)c1.Cl. The van der Waals surface area contributed by atoms with Gasteiger partial charge in [0, 0.05) is 36.8 Å². The summed E-state index contributed by atoms with van der Waals surface area (Å²) in [7, 11) is 0. The summed E-state index contributed by atoms with van der Waals surface area (Å²) in [5, 5.41) is 19.1. The molecule has 0 saturated carbocycles. The van der Waals surface area contributed by atoms with E-state index < -0.39 is 0 Å². The fourth-order valence-corrected chi connectivity index (χ4v) is 2.56. The van der Waals surface area contributed by atoms with Crippen molar-refractivity contribution in [2.75, 3.05) is 29.1 Å². The van der Waals surface area contributed by atoms with Crippen LogP contribution in [-0.4, -0.2) is 34.1 Å². The molecule has 1 heterocycles. The number of hydrogen-bond donors (Lipinski definition) is 4. The first-order chi connectivity index (χ1) is 12.7. The normalized spacial score (nSPS) is 10.1. The van der Waals surface area contributed by atoms with Gasteiger partial charge >= 0.3 is 0 Å². The first kappa shape index (κ1) is 20.4. The molecule has 1 amide bonds. The van der Waals surface area contributed by atoms with Crippen molar-refractivity contribution >= 4 is 52.4 Å². The molecule has 0 aliphatic heterocycles. The van der Waals surface area contributed by atoms with Gasteiger partial charge < -0.3 is 21.1 Å². The van der Waals surface area contributed by atoms with Crippen LogP contribution in [0.2, 0.25) is 0 Å². The summed E-state index contributed by atoms with van der Waals surface area (Å²) in [6.45, 7) is 2.21. The Morgan fingerprint density at radius 2 is 1.85 bits per heavy atom. The topological polar surface area (TPSA) is 99.2 Å². The predicted molar refractivity (Wildman–Crippen MR) is 111 cm³/mol. The van der Waals surface area contributed by atoms with E-state index in [2.05, 4.69) is 25.9 Å². The van der Waals surface area contributed by atoms with Crippen molar-refractivity contribution in [2.45, 2.75) is 13.3 Å². The van der Waals surface area contributed by atoms with Crippen LogP contribution >= 0.6 is 12.4 Å². The molecule has 7 nitrogen and oxygen atoms in total. The van der Waals surface area contributed by atoms with Gasteiger partial charge in [-0.2, -0.15) is 4.98 Å². The highest BCUT2D eigenvalue weighted by molar-refractivity contribution is 5.91. The Morgan fingerprint density at radius 3 is 2.63 bits per heavy atom. The molecule has 8 heteroatoms. The molecule has 0 radical (unpaired) electrons.